The van der Waals surface area contributed by atoms with Crippen LogP contribution in [-0.2, 0) is 11.2 Å². The van der Waals surface area contributed by atoms with E-state index >= 15 is 0 Å². The van der Waals surface area contributed by atoms with Gasteiger partial charge in [-0.1, -0.05) is 30.3 Å². The fourth-order valence-electron chi connectivity index (χ4n) is 3.93. The third-order valence-corrected chi connectivity index (χ3v) is 4.99. The van der Waals surface area contributed by atoms with Crippen molar-refractivity contribution in [3.05, 3.63) is 35.9 Å². The largest absolute Gasteiger partial charge is 0.392 e. The zero-order chi connectivity index (χ0) is 16.4. The molecule has 1 amide bonds. The van der Waals surface area contributed by atoms with Crippen molar-refractivity contribution in [2.24, 2.45) is 28.8 Å². The number of hydrogen-bond donors (Lipinski definition) is 1. The van der Waals surface area contributed by atoms with Crippen LogP contribution in [0.2, 0.25) is 0 Å². The van der Waals surface area contributed by atoms with E-state index in [1.165, 1.54) is 0 Å². The van der Waals surface area contributed by atoms with E-state index in [0.29, 0.717) is 12.8 Å². The highest BCUT2D eigenvalue weighted by Gasteiger charge is 2.55. The highest BCUT2D eigenvalue weighted by molar-refractivity contribution is 5.79. The van der Waals surface area contributed by atoms with E-state index in [-0.39, 0.29) is 36.5 Å². The van der Waals surface area contributed by atoms with Gasteiger partial charge in [0.1, 0.15) is 0 Å². The predicted molar refractivity (Wildman–Crippen MR) is 80.6 cm³/mol. The van der Waals surface area contributed by atoms with E-state index in [1.807, 2.05) is 30.3 Å². The minimum atomic E-state index is -4.08. The van der Waals surface area contributed by atoms with Crippen molar-refractivity contribution in [2.45, 2.75) is 31.9 Å². The summed E-state index contributed by atoms with van der Waals surface area (Å²) in [6, 6.07) is 9.31. The molecule has 0 radical (unpaired) electrons. The lowest BCUT2D eigenvalue weighted by molar-refractivity contribution is -0.187. The van der Waals surface area contributed by atoms with E-state index in [1.54, 1.807) is 6.21 Å². The van der Waals surface area contributed by atoms with Crippen LogP contribution in [0, 0.1) is 23.7 Å². The number of carbonyl (C=O) groups excluding carboxylic acids is 1. The van der Waals surface area contributed by atoms with Gasteiger partial charge in [-0.25, -0.2) is 5.43 Å². The monoisotopic (exact) mass is 324 g/mol. The average molecular weight is 324 g/mol. The molecule has 2 aliphatic rings. The Kier molecular flexibility index (Phi) is 4.41. The van der Waals surface area contributed by atoms with Crippen LogP contribution in [0.4, 0.5) is 13.2 Å². The quantitative estimate of drug-likeness (QED) is 0.668. The molecule has 3 nitrogen and oxygen atoms in total. The maximum absolute atomic E-state index is 12.8. The van der Waals surface area contributed by atoms with E-state index in [4.69, 9.17) is 0 Å². The Labute approximate surface area is 133 Å². The summed E-state index contributed by atoms with van der Waals surface area (Å²) in [7, 11) is 0. The summed E-state index contributed by atoms with van der Waals surface area (Å²) >= 11 is 0. The van der Waals surface area contributed by atoms with Crippen molar-refractivity contribution in [3.8, 4) is 0 Å². The fraction of sp³-hybridized carbons (Fsp3) is 0.529. The van der Waals surface area contributed by atoms with Crippen LogP contribution in [0.15, 0.2) is 35.4 Å². The third-order valence-electron chi connectivity index (χ3n) is 4.99. The van der Waals surface area contributed by atoms with Crippen molar-refractivity contribution in [1.29, 1.82) is 0 Å². The van der Waals surface area contributed by atoms with Crippen LogP contribution < -0.4 is 5.43 Å². The first kappa shape index (κ1) is 16.0. The molecule has 2 aliphatic carbocycles. The molecule has 0 unspecified atom stereocenters. The number of benzene rings is 1. The van der Waals surface area contributed by atoms with Gasteiger partial charge >= 0.3 is 6.18 Å². The Morgan fingerprint density at radius 3 is 2.52 bits per heavy atom. The minimum absolute atomic E-state index is 0.0430. The van der Waals surface area contributed by atoms with Gasteiger partial charge in [-0.2, -0.15) is 18.3 Å². The van der Waals surface area contributed by atoms with E-state index in [0.717, 1.165) is 5.56 Å². The predicted octanol–water partition coefficient (Wildman–Crippen LogP) is 3.56. The lowest BCUT2D eigenvalue weighted by atomic mass is 9.82. The second kappa shape index (κ2) is 6.34. The van der Waals surface area contributed by atoms with Crippen LogP contribution in [-0.4, -0.2) is 18.3 Å². The first-order valence-corrected chi connectivity index (χ1v) is 7.86. The van der Waals surface area contributed by atoms with Gasteiger partial charge in [0, 0.05) is 6.21 Å². The first-order chi connectivity index (χ1) is 10.9. The molecule has 0 heterocycles. The molecule has 2 bridgehead atoms. The number of alkyl halides is 3. The summed E-state index contributed by atoms with van der Waals surface area (Å²) in [5.41, 5.74) is 3.36. The van der Waals surface area contributed by atoms with Gasteiger partial charge in [-0.15, -0.1) is 0 Å². The molecule has 1 aromatic rings. The summed E-state index contributed by atoms with van der Waals surface area (Å²) in [6.45, 7) is 0. The van der Waals surface area contributed by atoms with Crippen LogP contribution >= 0.6 is 0 Å². The second-order valence-electron chi connectivity index (χ2n) is 6.51. The molecule has 0 spiro atoms. The lowest BCUT2D eigenvalue weighted by Crippen LogP contribution is -2.31. The second-order valence-corrected chi connectivity index (χ2v) is 6.51. The fourth-order valence-corrected chi connectivity index (χ4v) is 3.93. The number of nitrogens with one attached hydrogen (secondary N) is 1. The molecule has 23 heavy (non-hydrogen) atoms. The maximum Gasteiger partial charge on any atom is 0.392 e. The van der Waals surface area contributed by atoms with E-state index < -0.39 is 12.1 Å². The first-order valence-electron chi connectivity index (χ1n) is 7.86. The van der Waals surface area contributed by atoms with Crippen molar-refractivity contribution in [1.82, 2.24) is 5.43 Å². The van der Waals surface area contributed by atoms with Crippen molar-refractivity contribution >= 4 is 12.1 Å². The van der Waals surface area contributed by atoms with Gasteiger partial charge < -0.3 is 0 Å². The lowest BCUT2D eigenvalue weighted by Gasteiger charge is -2.27. The molecule has 6 heteroatoms. The Bertz CT molecular complexity index is 585. The maximum atomic E-state index is 12.8. The van der Waals surface area contributed by atoms with Crippen molar-refractivity contribution in [2.75, 3.05) is 0 Å². The summed E-state index contributed by atoms with van der Waals surface area (Å²) in [5.74, 6) is -1.55. The topological polar surface area (TPSA) is 41.5 Å². The Morgan fingerprint density at radius 1 is 1.17 bits per heavy atom. The van der Waals surface area contributed by atoms with Gasteiger partial charge in [0.05, 0.1) is 12.3 Å². The van der Waals surface area contributed by atoms with Gasteiger partial charge in [0.15, 0.2) is 0 Å². The minimum Gasteiger partial charge on any atom is -0.273 e. The normalized spacial score (nSPS) is 30.0. The molecule has 124 valence electrons. The Hall–Kier alpha value is -1.85. The molecule has 0 aliphatic heterocycles. The average Bonchev–Trinajstić information content (AvgIpc) is 3.08. The molecule has 0 saturated heterocycles. The van der Waals surface area contributed by atoms with Gasteiger partial charge in [-0.05, 0) is 42.6 Å². The molecular formula is C17H19F3N2O. The zero-order valence-corrected chi connectivity index (χ0v) is 12.6. The van der Waals surface area contributed by atoms with Crippen LogP contribution in [0.5, 0.6) is 0 Å². The van der Waals surface area contributed by atoms with E-state index in [2.05, 4.69) is 10.5 Å². The number of fused-ring (bicyclic) bond motifs is 2. The number of hydrazone groups is 1. The van der Waals surface area contributed by atoms with Gasteiger partial charge in [0.25, 0.3) is 0 Å². The standard InChI is InChI=1S/C17H19F3N2O/c18-17(19,20)15-9-12-7-13(15)8-14(12)10-21-22-16(23)6-11-4-2-1-3-5-11/h1-5,10,12-15H,6-9H2,(H,22,23)/b21-10-/t12-,13+,14-,15-/m0/s1. The van der Waals surface area contributed by atoms with Crippen LogP contribution in [0.3, 0.4) is 0 Å². The molecule has 4 atom stereocenters. The number of carbonyl (C=O) groups is 1. The van der Waals surface area contributed by atoms with Crippen molar-refractivity contribution in [3.63, 3.8) is 0 Å². The highest BCUT2D eigenvalue weighted by Crippen LogP contribution is 2.56. The number of nitrogens with zero attached hydrogens (tertiary/aromatic N) is 1. The zero-order valence-electron chi connectivity index (χ0n) is 12.6. The Morgan fingerprint density at radius 2 is 1.91 bits per heavy atom. The van der Waals surface area contributed by atoms with Gasteiger partial charge in [-0.3, -0.25) is 4.79 Å². The molecule has 0 aromatic heterocycles. The number of amides is 1. The highest BCUT2D eigenvalue weighted by atomic mass is 19.4. The summed E-state index contributed by atoms with van der Waals surface area (Å²) in [6.07, 6.45) is -0.870. The number of halogens is 3. The molecule has 3 rings (SSSR count). The number of rotatable bonds is 4. The molecule has 1 aromatic carbocycles. The van der Waals surface area contributed by atoms with Crippen LogP contribution in [0.1, 0.15) is 24.8 Å². The summed E-state index contributed by atoms with van der Waals surface area (Å²) in [4.78, 5) is 11.8. The van der Waals surface area contributed by atoms with Crippen LogP contribution in [0.25, 0.3) is 0 Å². The third kappa shape index (κ3) is 3.74. The molecule has 2 saturated carbocycles. The SMILES string of the molecule is O=C(Cc1ccccc1)N/N=C\[C@@H]1C[C@H]2C[C@H]1C[C@@H]2C(F)(F)F. The Balaban J connectivity index is 1.47. The molecular weight excluding hydrogens is 305 g/mol. The molecule has 1 N–H and O–H groups in total. The molecule has 2 fully saturated rings. The summed E-state index contributed by atoms with van der Waals surface area (Å²) < 4.78 is 38.5. The van der Waals surface area contributed by atoms with Crippen molar-refractivity contribution < 1.29 is 18.0 Å². The summed E-state index contributed by atoms with van der Waals surface area (Å²) in [5, 5.41) is 3.95. The number of hydrogen-bond acceptors (Lipinski definition) is 2. The smallest absolute Gasteiger partial charge is 0.273 e. The van der Waals surface area contributed by atoms with Gasteiger partial charge in [0.2, 0.25) is 5.91 Å². The van der Waals surface area contributed by atoms with E-state index in [9.17, 15) is 18.0 Å².